The Kier molecular flexibility index (Phi) is 19.5. The first-order chi connectivity index (χ1) is 34.4. The maximum atomic E-state index is 14.7. The van der Waals surface area contributed by atoms with Crippen molar-refractivity contribution in [2.75, 3.05) is 33.9 Å². The van der Waals surface area contributed by atoms with Crippen molar-refractivity contribution in [1.29, 1.82) is 0 Å². The highest BCUT2D eigenvalue weighted by molar-refractivity contribution is 5.73. The normalized spacial score (nSPS) is 40.3. The molecule has 4 aliphatic rings. The number of ether oxygens (including phenoxy) is 8. The third-order valence-corrected chi connectivity index (χ3v) is 16.2. The third kappa shape index (κ3) is 13.4. The fourth-order valence-corrected chi connectivity index (χ4v) is 11.7. The summed E-state index contributed by atoms with van der Waals surface area (Å²) in [5.74, 6) is -3.70. The lowest BCUT2D eigenvalue weighted by molar-refractivity contribution is -0.384. The number of hydrogen-bond acceptors (Lipinski definition) is 19. The van der Waals surface area contributed by atoms with E-state index >= 15 is 0 Å². The monoisotopic (exact) mass is 1030 g/mol. The summed E-state index contributed by atoms with van der Waals surface area (Å²) >= 11 is 0. The van der Waals surface area contributed by atoms with E-state index in [1.165, 1.54) is 19.2 Å². The number of hydrogen-bond donors (Lipinski definition) is 3. The number of nitrogens with zero attached hydrogens (tertiary/aromatic N) is 6. The number of carbonyl (C=O) groups excluding carboxylic acids is 1. The van der Waals surface area contributed by atoms with Crippen LogP contribution in [0.2, 0.25) is 0 Å². The number of fused-ring (bicyclic) bond motifs is 5. The molecule has 0 spiro atoms. The second-order valence-corrected chi connectivity index (χ2v) is 22.0. The quantitative estimate of drug-likeness (QED) is 0.0670. The lowest BCUT2D eigenvalue weighted by Crippen LogP contribution is -2.62. The summed E-state index contributed by atoms with van der Waals surface area (Å²) in [5.41, 5.74) is -1.96. The number of rotatable bonds is 15. The summed E-state index contributed by atoms with van der Waals surface area (Å²) in [5, 5.41) is 59.5. The molecule has 4 saturated heterocycles. The van der Waals surface area contributed by atoms with Gasteiger partial charge in [-0.1, -0.05) is 56.8 Å². The van der Waals surface area contributed by atoms with Crippen LogP contribution in [0.15, 0.2) is 47.8 Å². The molecule has 4 aliphatic heterocycles. The van der Waals surface area contributed by atoms with Crippen LogP contribution in [0.1, 0.15) is 106 Å². The van der Waals surface area contributed by atoms with Crippen LogP contribution in [0, 0.1) is 38.7 Å². The molecule has 0 amide bonds. The molecular formula is C52H82N6O15. The van der Waals surface area contributed by atoms with Gasteiger partial charge in [0.25, 0.3) is 5.69 Å². The zero-order valence-corrected chi connectivity index (χ0v) is 44.8. The number of carbonyl (C=O) groups is 1. The second-order valence-electron chi connectivity index (χ2n) is 22.0. The van der Waals surface area contributed by atoms with Crippen LogP contribution < -0.4 is 0 Å². The lowest BCUT2D eigenvalue weighted by Gasteiger charge is -2.50. The van der Waals surface area contributed by atoms with Gasteiger partial charge in [0.2, 0.25) is 0 Å². The van der Waals surface area contributed by atoms with Crippen molar-refractivity contribution in [3.8, 4) is 0 Å². The number of benzene rings is 1. The topological polar surface area (TPSA) is 258 Å². The van der Waals surface area contributed by atoms with Gasteiger partial charge in [0.15, 0.2) is 12.6 Å². The number of nitroso groups, excluding NO2 is 1. The van der Waals surface area contributed by atoms with E-state index in [9.17, 15) is 35.1 Å². The number of nitro benzene ring substituents is 1. The van der Waals surface area contributed by atoms with Gasteiger partial charge in [0.1, 0.15) is 23.9 Å². The first-order valence-electron chi connectivity index (χ1n) is 25.9. The fraction of sp³-hybridized carbons (Fsp3) is 0.788. The Morgan fingerprint density at radius 2 is 1.71 bits per heavy atom. The molecule has 2 aromatic rings. The molecule has 19 atom stereocenters. The van der Waals surface area contributed by atoms with Gasteiger partial charge in [-0.05, 0) is 91.3 Å². The predicted molar refractivity (Wildman–Crippen MR) is 267 cm³/mol. The number of likely N-dealkylation sites (N-methyl/N-ethyl adjacent to an activating group) is 1. The Labute approximate surface area is 429 Å². The molecule has 21 nitrogen and oxygen atoms in total. The van der Waals surface area contributed by atoms with Crippen molar-refractivity contribution < 1.29 is 62.9 Å². The van der Waals surface area contributed by atoms with Crippen LogP contribution in [-0.2, 0) is 62.1 Å². The molecule has 3 N–H and O–H groups in total. The Morgan fingerprint density at radius 1 is 1.01 bits per heavy atom. The number of aromatic nitrogens is 3. The smallest absolute Gasteiger partial charge is 0.311 e. The van der Waals surface area contributed by atoms with Crippen molar-refractivity contribution in [3.05, 3.63) is 68.9 Å². The van der Waals surface area contributed by atoms with Crippen LogP contribution in [0.3, 0.4) is 0 Å². The number of methoxy groups -OCH3 is 1. The zero-order chi connectivity index (χ0) is 53.7. The van der Waals surface area contributed by atoms with Crippen LogP contribution in [0.25, 0.3) is 0 Å². The average molecular weight is 1030 g/mol. The predicted octanol–water partition coefficient (Wildman–Crippen LogP) is 5.33. The Bertz CT molecular complexity index is 2170. The number of aliphatic hydroxyl groups is 3. The van der Waals surface area contributed by atoms with Crippen LogP contribution in [0.4, 0.5) is 5.69 Å². The number of nitro groups is 1. The van der Waals surface area contributed by atoms with Gasteiger partial charge in [-0.15, -0.1) is 5.10 Å². The lowest BCUT2D eigenvalue weighted by atomic mass is 9.72. The van der Waals surface area contributed by atoms with E-state index in [2.05, 4.69) is 22.1 Å². The zero-order valence-electron chi connectivity index (χ0n) is 44.8. The average Bonchev–Trinajstić information content (AvgIpc) is 3.81. The molecule has 0 saturated carbocycles. The molecular weight excluding hydrogens is 949 g/mol. The fourth-order valence-electron chi connectivity index (χ4n) is 11.7. The number of aliphatic hydroxyl groups excluding tert-OH is 2. The molecule has 4 fully saturated rings. The van der Waals surface area contributed by atoms with E-state index in [1.54, 1.807) is 58.4 Å². The van der Waals surface area contributed by atoms with Crippen LogP contribution in [-0.4, -0.2) is 170 Å². The molecule has 5 heterocycles. The van der Waals surface area contributed by atoms with Crippen molar-refractivity contribution in [1.82, 2.24) is 19.9 Å². The van der Waals surface area contributed by atoms with E-state index in [-0.39, 0.29) is 44.3 Å². The van der Waals surface area contributed by atoms with Crippen molar-refractivity contribution in [2.24, 2.45) is 28.8 Å². The summed E-state index contributed by atoms with van der Waals surface area (Å²) in [4.78, 5) is 40.5. The SMILES string of the molecule is C=C1CO[C@@H]2[C@@H](C)C(N=O)[C@H](C)C[C@@](C)(OC1)[C@H](OC1O[C@H](C)C[C@H](N(C)CCc3cn(CCc4ccc([N+](=O)[O-])cc4)nn3)[C@H]1O)[C@@H](C)[C@H](OC1C[C@@](C)(OC)[C@@H](O)[C@H](C)O1)[C@@H](C)C(=O)O[C@H](CC)[C@@]2(C)O. The Balaban J connectivity index is 1.34. The molecule has 2 bridgehead atoms. The highest BCUT2D eigenvalue weighted by atomic mass is 16.7. The van der Waals surface area contributed by atoms with E-state index in [1.807, 2.05) is 45.8 Å². The molecule has 1 aromatic heterocycles. The van der Waals surface area contributed by atoms with Gasteiger partial charge in [-0.2, -0.15) is 4.91 Å². The third-order valence-electron chi connectivity index (χ3n) is 16.2. The first kappa shape index (κ1) is 58.4. The molecule has 1 aromatic carbocycles. The van der Waals surface area contributed by atoms with Crippen molar-refractivity contribution in [2.45, 2.75) is 205 Å². The van der Waals surface area contributed by atoms with Crippen molar-refractivity contribution >= 4 is 11.7 Å². The minimum atomic E-state index is -1.80. The maximum Gasteiger partial charge on any atom is 0.311 e. The second kappa shape index (κ2) is 24.4. The minimum Gasteiger partial charge on any atom is -0.459 e. The molecule has 21 heteroatoms. The highest BCUT2D eigenvalue weighted by Crippen LogP contribution is 2.44. The Morgan fingerprint density at radius 3 is 2.36 bits per heavy atom. The van der Waals surface area contributed by atoms with E-state index in [4.69, 9.17) is 37.9 Å². The molecule has 73 heavy (non-hydrogen) atoms. The highest BCUT2D eigenvalue weighted by Gasteiger charge is 2.55. The molecule has 0 radical (unpaired) electrons. The van der Waals surface area contributed by atoms with Gasteiger partial charge in [0, 0.05) is 69.2 Å². The van der Waals surface area contributed by atoms with E-state index in [0.29, 0.717) is 37.9 Å². The summed E-state index contributed by atoms with van der Waals surface area (Å²) in [6, 6.07) is 5.06. The largest absolute Gasteiger partial charge is 0.459 e. The number of non-ortho nitro benzene ring substituents is 1. The minimum absolute atomic E-state index is 0.0171. The summed E-state index contributed by atoms with van der Waals surface area (Å²) < 4.78 is 54.3. The summed E-state index contributed by atoms with van der Waals surface area (Å²) in [6.45, 7) is 23.1. The van der Waals surface area contributed by atoms with Crippen LogP contribution >= 0.6 is 0 Å². The molecule has 0 aliphatic carbocycles. The molecule has 6 rings (SSSR count). The van der Waals surface area contributed by atoms with Crippen molar-refractivity contribution in [3.63, 3.8) is 0 Å². The van der Waals surface area contributed by atoms with Gasteiger partial charge in [-0.25, -0.2) is 0 Å². The standard InChI is InChI=1S/C52H82N6O15/c1-14-40-52(11,62)47-32(5)42(54-63)30(3)24-51(10,68-28-29(2)27-67-47)46(33(6)44(34(7)48(61)71-40)72-41-25-50(9,66-13)45(60)35(8)70-41)73-49-43(59)39(23-31(4)69-49)56(12)21-20-37-26-57(55-53-37)22-19-36-15-17-38(18-16-36)58(64)65/h15-18,26,30-35,39-47,49,59-60,62H,2,14,19-25,27-28H2,1,3-13H3/t30-,31-,32+,33+,34-,35+,39+,40-,41?,42?,43-,44+,45+,46-,47-,49?,50-,51-,52-/m1/s1. The van der Waals surface area contributed by atoms with Gasteiger partial charge < -0.3 is 58.1 Å². The molecule has 410 valence electrons. The number of cyclic esters (lactones) is 1. The van der Waals surface area contributed by atoms with Gasteiger partial charge >= 0.3 is 5.97 Å². The number of esters is 1. The Hall–Kier alpha value is -3.87. The summed E-state index contributed by atoms with van der Waals surface area (Å²) in [7, 11) is 3.43. The summed E-state index contributed by atoms with van der Waals surface area (Å²) in [6.07, 6.45) is -5.82. The van der Waals surface area contributed by atoms with Gasteiger partial charge in [-0.3, -0.25) is 19.6 Å². The van der Waals surface area contributed by atoms with Crippen LogP contribution in [0.5, 0.6) is 0 Å². The van der Waals surface area contributed by atoms with E-state index in [0.717, 1.165) is 11.3 Å². The van der Waals surface area contributed by atoms with Gasteiger partial charge in [0.05, 0.1) is 77.5 Å². The first-order valence-corrected chi connectivity index (χ1v) is 25.9. The number of aryl methyl sites for hydroxylation is 2. The molecule has 3 unspecified atom stereocenters. The van der Waals surface area contributed by atoms with E-state index < -0.39 is 119 Å². The maximum absolute atomic E-state index is 14.7.